The lowest BCUT2D eigenvalue weighted by atomic mass is 9.85. The third-order valence-electron chi connectivity index (χ3n) is 4.99. The number of hydrogen-bond donors (Lipinski definition) is 4. The van der Waals surface area contributed by atoms with Crippen LogP contribution in [-0.4, -0.2) is 45.4 Å². The number of carboxylic acid groups (broad SMARTS) is 1. The minimum absolute atomic E-state index is 0.0415. The number of nitrogens with two attached hydrogens (primary N) is 2. The van der Waals surface area contributed by atoms with Gasteiger partial charge in [-0.1, -0.05) is 6.07 Å². The molecule has 9 nitrogen and oxygen atoms in total. The van der Waals surface area contributed by atoms with Crippen molar-refractivity contribution in [2.45, 2.75) is 31.0 Å². The lowest BCUT2D eigenvalue weighted by molar-refractivity contribution is -0.153. The summed E-state index contributed by atoms with van der Waals surface area (Å²) in [4.78, 5) is 43.4. The van der Waals surface area contributed by atoms with Crippen molar-refractivity contribution in [1.29, 1.82) is 0 Å². The number of aromatic nitrogens is 1. The number of hydrogen-bond acceptors (Lipinski definition) is 7. The first-order valence-corrected chi connectivity index (χ1v) is 9.73. The van der Waals surface area contributed by atoms with Gasteiger partial charge in [0.25, 0.3) is 11.8 Å². The summed E-state index contributed by atoms with van der Waals surface area (Å²) in [6.07, 6.45) is 1.96. The number of amides is 2. The number of nitrogen functional groups attached to an aromatic ring is 1. The first-order valence-electron chi connectivity index (χ1n) is 8.91. The molecule has 2 atom stereocenters. The van der Waals surface area contributed by atoms with E-state index in [1.807, 2.05) is 0 Å². The largest absolute Gasteiger partial charge is 0.480 e. The maximum absolute atomic E-state index is 14.0. The van der Waals surface area contributed by atoms with Crippen molar-refractivity contribution in [3.8, 4) is 0 Å². The van der Waals surface area contributed by atoms with Crippen molar-refractivity contribution in [3.63, 3.8) is 0 Å². The molecule has 30 heavy (non-hydrogen) atoms. The average Bonchev–Trinajstić information content (AvgIpc) is 3.32. The van der Waals surface area contributed by atoms with Crippen LogP contribution in [0.25, 0.3) is 0 Å². The minimum Gasteiger partial charge on any atom is -0.480 e. The van der Waals surface area contributed by atoms with E-state index in [4.69, 9.17) is 11.5 Å². The van der Waals surface area contributed by atoms with Gasteiger partial charge in [-0.3, -0.25) is 19.3 Å². The van der Waals surface area contributed by atoms with Gasteiger partial charge in [-0.2, -0.15) is 0 Å². The number of nitrogens with zero attached hydrogens (tertiary/aromatic N) is 2. The summed E-state index contributed by atoms with van der Waals surface area (Å²) < 4.78 is 27.5. The zero-order valence-corrected chi connectivity index (χ0v) is 16.4. The smallest absolute Gasteiger partial charge is 0.320 e. The summed E-state index contributed by atoms with van der Waals surface area (Å²) in [5.41, 5.74) is 8.57. The van der Waals surface area contributed by atoms with Crippen molar-refractivity contribution < 1.29 is 28.3 Å². The van der Waals surface area contributed by atoms with Crippen LogP contribution in [0.4, 0.5) is 13.9 Å². The standard InChI is InChI=1S/C18H19F2N5O4S/c19-11-4-3-9(6-12(11)20)18(15(21)28,25-5-1-2-13(25)14(26)27)16(29)23-7-10-8-24-17(22)30-10/h3-4,6,8,13H,1-2,5,7H2,(H2,21,28)(H2,22,24)(H,23,29)(H,26,27)/t13-,18+/m1/s1. The molecule has 12 heteroatoms. The van der Waals surface area contributed by atoms with E-state index in [0.29, 0.717) is 17.4 Å². The zero-order chi connectivity index (χ0) is 22.1. The molecular formula is C18H19F2N5O4S. The van der Waals surface area contributed by atoms with E-state index in [1.54, 1.807) is 0 Å². The molecule has 2 heterocycles. The van der Waals surface area contributed by atoms with Crippen molar-refractivity contribution in [2.24, 2.45) is 5.73 Å². The van der Waals surface area contributed by atoms with E-state index in [2.05, 4.69) is 10.3 Å². The van der Waals surface area contributed by atoms with Crippen molar-refractivity contribution in [2.75, 3.05) is 12.3 Å². The number of anilines is 1. The fourth-order valence-electron chi connectivity index (χ4n) is 3.67. The van der Waals surface area contributed by atoms with E-state index >= 15 is 0 Å². The molecule has 0 radical (unpaired) electrons. The van der Waals surface area contributed by atoms with Gasteiger partial charge < -0.3 is 21.9 Å². The van der Waals surface area contributed by atoms with Crippen LogP contribution in [0.2, 0.25) is 0 Å². The molecule has 1 aromatic carbocycles. The fourth-order valence-corrected chi connectivity index (χ4v) is 4.29. The third-order valence-corrected chi connectivity index (χ3v) is 5.81. The summed E-state index contributed by atoms with van der Waals surface area (Å²) >= 11 is 1.11. The second-order valence-electron chi connectivity index (χ2n) is 6.74. The van der Waals surface area contributed by atoms with Gasteiger partial charge >= 0.3 is 5.97 Å². The highest BCUT2D eigenvalue weighted by Crippen LogP contribution is 2.36. The second-order valence-corrected chi connectivity index (χ2v) is 7.89. The highest BCUT2D eigenvalue weighted by Gasteiger charge is 2.56. The Labute approximate surface area is 173 Å². The van der Waals surface area contributed by atoms with Gasteiger partial charge in [-0.05, 0) is 30.5 Å². The predicted molar refractivity (Wildman–Crippen MR) is 103 cm³/mol. The van der Waals surface area contributed by atoms with Crippen LogP contribution in [0.5, 0.6) is 0 Å². The number of nitrogens with one attached hydrogen (secondary N) is 1. The van der Waals surface area contributed by atoms with Gasteiger partial charge in [-0.15, -0.1) is 11.3 Å². The van der Waals surface area contributed by atoms with Crippen LogP contribution in [0.1, 0.15) is 23.3 Å². The predicted octanol–water partition coefficient (Wildman–Crippen LogP) is 0.549. The van der Waals surface area contributed by atoms with Gasteiger partial charge in [-0.25, -0.2) is 13.8 Å². The highest BCUT2D eigenvalue weighted by atomic mass is 32.1. The number of benzene rings is 1. The minimum atomic E-state index is -2.36. The van der Waals surface area contributed by atoms with E-state index in [0.717, 1.165) is 28.4 Å². The molecule has 0 spiro atoms. The Morgan fingerprint density at radius 3 is 2.63 bits per heavy atom. The molecule has 3 rings (SSSR count). The Bertz CT molecular complexity index is 1000. The Balaban J connectivity index is 2.09. The molecule has 1 aliphatic rings. The first-order chi connectivity index (χ1) is 14.2. The highest BCUT2D eigenvalue weighted by molar-refractivity contribution is 7.15. The second kappa shape index (κ2) is 8.32. The Kier molecular flexibility index (Phi) is 5.99. The third kappa shape index (κ3) is 3.71. The average molecular weight is 439 g/mol. The first kappa shape index (κ1) is 21.6. The Morgan fingerprint density at radius 2 is 2.07 bits per heavy atom. The summed E-state index contributed by atoms with van der Waals surface area (Å²) in [6, 6.07) is 1.27. The van der Waals surface area contributed by atoms with Gasteiger partial charge in [0.1, 0.15) is 6.04 Å². The molecular weight excluding hydrogens is 420 g/mol. The summed E-state index contributed by atoms with van der Waals surface area (Å²) in [5.74, 6) is -5.91. The van der Waals surface area contributed by atoms with Gasteiger partial charge in [0.2, 0.25) is 5.54 Å². The number of carboxylic acids is 1. The molecule has 6 N–H and O–H groups in total. The lowest BCUT2D eigenvalue weighted by Crippen LogP contribution is -2.65. The Hall–Kier alpha value is -3.12. The summed E-state index contributed by atoms with van der Waals surface area (Å²) in [5, 5.41) is 12.4. The number of thiazole rings is 1. The van der Waals surface area contributed by atoms with Crippen LogP contribution in [0.15, 0.2) is 24.4 Å². The fraction of sp³-hybridized carbons (Fsp3) is 0.333. The topological polar surface area (TPSA) is 152 Å². The van der Waals surface area contributed by atoms with Gasteiger partial charge in [0, 0.05) is 17.6 Å². The number of carbonyl (C=O) groups excluding carboxylic acids is 2. The normalized spacial score (nSPS) is 18.7. The SMILES string of the molecule is NC(=O)[C@](C(=O)NCc1cnc(N)s1)(c1ccc(F)c(F)c1)N1CCC[C@@H]1C(=O)O. The number of halogens is 2. The molecule has 160 valence electrons. The van der Waals surface area contributed by atoms with Crippen molar-refractivity contribution in [1.82, 2.24) is 15.2 Å². The van der Waals surface area contributed by atoms with Crippen LogP contribution in [0.3, 0.4) is 0 Å². The van der Waals surface area contributed by atoms with E-state index in [1.165, 1.54) is 6.20 Å². The number of aliphatic carboxylic acids is 1. The molecule has 2 aromatic rings. The zero-order valence-electron chi connectivity index (χ0n) is 15.6. The number of carbonyl (C=O) groups is 3. The molecule has 1 fully saturated rings. The molecule has 0 bridgehead atoms. The molecule has 0 aliphatic carbocycles. The summed E-state index contributed by atoms with van der Waals surface area (Å²) in [6.45, 7) is -0.0299. The van der Waals surface area contributed by atoms with E-state index in [9.17, 15) is 28.3 Å². The summed E-state index contributed by atoms with van der Waals surface area (Å²) in [7, 11) is 0. The number of rotatable bonds is 7. The molecule has 1 saturated heterocycles. The van der Waals surface area contributed by atoms with E-state index < -0.39 is 41.0 Å². The monoisotopic (exact) mass is 439 g/mol. The Morgan fingerprint density at radius 1 is 1.33 bits per heavy atom. The van der Waals surface area contributed by atoms with Gasteiger partial charge in [0.05, 0.1) is 6.54 Å². The van der Waals surface area contributed by atoms with Crippen molar-refractivity contribution >= 4 is 34.3 Å². The van der Waals surface area contributed by atoms with Crippen LogP contribution in [-0.2, 0) is 26.5 Å². The molecule has 1 aliphatic heterocycles. The number of primary amides is 1. The molecule has 1 aromatic heterocycles. The maximum Gasteiger partial charge on any atom is 0.320 e. The molecule has 0 unspecified atom stereocenters. The maximum atomic E-state index is 14.0. The van der Waals surface area contributed by atoms with E-state index in [-0.39, 0.29) is 30.2 Å². The van der Waals surface area contributed by atoms with Crippen LogP contribution in [0, 0.1) is 11.6 Å². The van der Waals surface area contributed by atoms with Crippen LogP contribution >= 0.6 is 11.3 Å². The van der Waals surface area contributed by atoms with Crippen molar-refractivity contribution in [3.05, 3.63) is 46.5 Å². The molecule has 2 amide bonds. The quantitative estimate of drug-likeness (QED) is 0.460. The van der Waals surface area contributed by atoms with Gasteiger partial charge in [0.15, 0.2) is 16.8 Å². The lowest BCUT2D eigenvalue weighted by Gasteiger charge is -2.40. The number of likely N-dealkylation sites (tertiary alicyclic amines) is 1. The molecule has 0 saturated carbocycles. The van der Waals surface area contributed by atoms with Crippen LogP contribution < -0.4 is 16.8 Å².